The first kappa shape index (κ1) is 19.5. The van der Waals surface area contributed by atoms with E-state index in [4.69, 9.17) is 9.47 Å². The lowest BCUT2D eigenvalue weighted by Crippen LogP contribution is -2.32. The Hall–Kier alpha value is -2.57. The lowest BCUT2D eigenvalue weighted by molar-refractivity contribution is -0.131. The number of rotatable bonds is 5. The molecule has 0 aliphatic heterocycles. The summed E-state index contributed by atoms with van der Waals surface area (Å²) in [6.07, 6.45) is -0.506. The minimum absolute atomic E-state index is 0.281. The van der Waals surface area contributed by atoms with E-state index >= 15 is 0 Å². The number of carbonyl (C=O) groups is 3. The maximum absolute atomic E-state index is 11.8. The number of alkyl carbamates (subject to hydrolysis) is 1. The Morgan fingerprint density at radius 3 is 2.17 bits per heavy atom. The van der Waals surface area contributed by atoms with E-state index in [2.05, 4.69) is 5.32 Å². The quantitative estimate of drug-likeness (QED) is 0.831. The average molecular weight is 336 g/mol. The van der Waals surface area contributed by atoms with Gasteiger partial charge in [-0.15, -0.1) is 0 Å². The summed E-state index contributed by atoms with van der Waals surface area (Å²) in [5.74, 6) is -0.863. The molecular formula is C17H24N2O5. The first-order valence-corrected chi connectivity index (χ1v) is 7.51. The zero-order valence-corrected chi connectivity index (χ0v) is 14.7. The molecule has 0 aliphatic carbocycles. The minimum atomic E-state index is -0.572. The standard InChI is InChI=1S/C17H24N2O5/c1-17(2,3)24-16(22)18-10-12-6-8-13(9-7-12)15(21)23-11-14(20)19(4)5/h6-9H,10-11H2,1-5H3,(H,18,22). The van der Waals surface area contributed by atoms with Gasteiger partial charge >= 0.3 is 12.1 Å². The highest BCUT2D eigenvalue weighted by atomic mass is 16.6. The third-order valence-electron chi connectivity index (χ3n) is 2.85. The van der Waals surface area contributed by atoms with Crippen LogP contribution in [0.15, 0.2) is 24.3 Å². The third-order valence-corrected chi connectivity index (χ3v) is 2.85. The Bertz CT molecular complexity index is 588. The van der Waals surface area contributed by atoms with Gasteiger partial charge in [0.05, 0.1) is 5.56 Å². The Morgan fingerprint density at radius 2 is 1.67 bits per heavy atom. The predicted octanol–water partition coefficient (Wildman–Crippen LogP) is 1.96. The normalized spacial score (nSPS) is 10.7. The molecule has 1 rings (SSSR count). The summed E-state index contributed by atoms with van der Waals surface area (Å²) in [4.78, 5) is 36.1. The zero-order chi connectivity index (χ0) is 18.3. The van der Waals surface area contributed by atoms with Crippen molar-refractivity contribution in [2.45, 2.75) is 32.9 Å². The zero-order valence-electron chi connectivity index (χ0n) is 14.7. The smallest absolute Gasteiger partial charge is 0.407 e. The molecule has 0 radical (unpaired) electrons. The van der Waals surface area contributed by atoms with Crippen LogP contribution in [0.3, 0.4) is 0 Å². The van der Waals surface area contributed by atoms with Gasteiger partial charge in [-0.3, -0.25) is 4.79 Å². The second-order valence-corrected chi connectivity index (χ2v) is 6.42. The summed E-state index contributed by atoms with van der Waals surface area (Å²) in [5.41, 5.74) is 0.589. The minimum Gasteiger partial charge on any atom is -0.452 e. The van der Waals surface area contributed by atoms with Crippen LogP contribution in [0.2, 0.25) is 0 Å². The molecule has 132 valence electrons. The van der Waals surface area contributed by atoms with Gasteiger partial charge in [0.15, 0.2) is 6.61 Å². The van der Waals surface area contributed by atoms with Crippen LogP contribution < -0.4 is 5.32 Å². The molecule has 0 unspecified atom stereocenters. The summed E-state index contributed by atoms with van der Waals surface area (Å²) in [5, 5.41) is 2.63. The number of nitrogens with one attached hydrogen (secondary N) is 1. The number of benzene rings is 1. The molecule has 1 aromatic carbocycles. The van der Waals surface area contributed by atoms with Crippen LogP contribution in [0.4, 0.5) is 4.79 Å². The summed E-state index contributed by atoms with van der Waals surface area (Å²) in [7, 11) is 3.17. The highest BCUT2D eigenvalue weighted by molar-refractivity contribution is 5.91. The number of hydrogen-bond acceptors (Lipinski definition) is 5. The van der Waals surface area contributed by atoms with E-state index in [0.29, 0.717) is 5.56 Å². The first-order valence-electron chi connectivity index (χ1n) is 7.51. The van der Waals surface area contributed by atoms with Gasteiger partial charge in [-0.05, 0) is 38.5 Å². The summed E-state index contributed by atoms with van der Waals surface area (Å²) < 4.78 is 10.1. The van der Waals surface area contributed by atoms with E-state index in [9.17, 15) is 14.4 Å². The van der Waals surface area contributed by atoms with Crippen molar-refractivity contribution in [1.29, 1.82) is 0 Å². The van der Waals surface area contributed by atoms with Gasteiger partial charge in [0.1, 0.15) is 5.60 Å². The molecule has 2 amide bonds. The fourth-order valence-corrected chi connectivity index (χ4v) is 1.59. The fraction of sp³-hybridized carbons (Fsp3) is 0.471. The Balaban J connectivity index is 2.49. The number of nitrogens with zero attached hydrogens (tertiary/aromatic N) is 1. The van der Waals surface area contributed by atoms with Gasteiger partial charge < -0.3 is 19.7 Å². The van der Waals surface area contributed by atoms with E-state index < -0.39 is 17.7 Å². The van der Waals surface area contributed by atoms with Crippen LogP contribution in [0.25, 0.3) is 0 Å². The van der Waals surface area contributed by atoms with Crippen molar-refractivity contribution in [1.82, 2.24) is 10.2 Å². The largest absolute Gasteiger partial charge is 0.452 e. The van der Waals surface area contributed by atoms with Gasteiger partial charge in [-0.2, -0.15) is 0 Å². The molecule has 7 nitrogen and oxygen atoms in total. The fourth-order valence-electron chi connectivity index (χ4n) is 1.59. The van der Waals surface area contributed by atoms with Crippen molar-refractivity contribution in [2.75, 3.05) is 20.7 Å². The highest BCUT2D eigenvalue weighted by Crippen LogP contribution is 2.08. The monoisotopic (exact) mass is 336 g/mol. The van der Waals surface area contributed by atoms with Crippen LogP contribution in [-0.2, 0) is 20.8 Å². The second kappa shape index (κ2) is 8.33. The van der Waals surface area contributed by atoms with Crippen LogP contribution >= 0.6 is 0 Å². The van der Waals surface area contributed by atoms with Crippen LogP contribution in [0, 0.1) is 0 Å². The van der Waals surface area contributed by atoms with E-state index in [1.165, 1.54) is 4.90 Å². The van der Waals surface area contributed by atoms with Crippen molar-refractivity contribution >= 4 is 18.0 Å². The van der Waals surface area contributed by atoms with E-state index in [0.717, 1.165) is 5.56 Å². The van der Waals surface area contributed by atoms with Gasteiger partial charge in [0, 0.05) is 20.6 Å². The molecule has 0 fully saturated rings. The number of amides is 2. The van der Waals surface area contributed by atoms with Crippen molar-refractivity contribution in [3.63, 3.8) is 0 Å². The lowest BCUT2D eigenvalue weighted by atomic mass is 10.1. The van der Waals surface area contributed by atoms with E-state index in [-0.39, 0.29) is 19.1 Å². The van der Waals surface area contributed by atoms with Gasteiger partial charge in [0.2, 0.25) is 0 Å². The molecule has 24 heavy (non-hydrogen) atoms. The summed E-state index contributed by atoms with van der Waals surface area (Å²) >= 11 is 0. The number of hydrogen-bond donors (Lipinski definition) is 1. The van der Waals surface area contributed by atoms with Crippen molar-refractivity contribution in [2.24, 2.45) is 0 Å². The molecule has 7 heteroatoms. The molecule has 1 N–H and O–H groups in total. The number of carbonyl (C=O) groups excluding carboxylic acids is 3. The molecule has 0 aromatic heterocycles. The van der Waals surface area contributed by atoms with Crippen molar-refractivity contribution in [3.05, 3.63) is 35.4 Å². The van der Waals surface area contributed by atoms with Gasteiger partial charge in [-0.1, -0.05) is 12.1 Å². The SMILES string of the molecule is CN(C)C(=O)COC(=O)c1ccc(CNC(=O)OC(C)(C)C)cc1. The van der Waals surface area contributed by atoms with Gasteiger partial charge in [-0.25, -0.2) is 9.59 Å². The molecule has 0 aliphatic rings. The highest BCUT2D eigenvalue weighted by Gasteiger charge is 2.16. The molecular weight excluding hydrogens is 312 g/mol. The number of ether oxygens (including phenoxy) is 2. The van der Waals surface area contributed by atoms with Crippen LogP contribution in [-0.4, -0.2) is 49.2 Å². The molecule has 0 heterocycles. The maximum atomic E-state index is 11.8. The first-order chi connectivity index (χ1) is 11.1. The topological polar surface area (TPSA) is 84.9 Å². The molecule has 0 saturated carbocycles. The third kappa shape index (κ3) is 7.13. The number of esters is 1. The lowest BCUT2D eigenvalue weighted by Gasteiger charge is -2.19. The van der Waals surface area contributed by atoms with Crippen molar-refractivity contribution < 1.29 is 23.9 Å². The molecule has 0 spiro atoms. The molecule has 0 atom stereocenters. The Morgan fingerprint density at radius 1 is 1.08 bits per heavy atom. The summed E-state index contributed by atoms with van der Waals surface area (Å²) in [6, 6.07) is 6.55. The maximum Gasteiger partial charge on any atom is 0.407 e. The van der Waals surface area contributed by atoms with E-state index in [1.807, 2.05) is 0 Å². The molecule has 1 aromatic rings. The van der Waals surface area contributed by atoms with E-state index in [1.54, 1.807) is 59.1 Å². The average Bonchev–Trinajstić information content (AvgIpc) is 2.49. The second-order valence-electron chi connectivity index (χ2n) is 6.42. The Labute approximate surface area is 141 Å². The predicted molar refractivity (Wildman–Crippen MR) is 88.5 cm³/mol. The number of likely N-dealkylation sites (N-methyl/N-ethyl adjacent to an activating group) is 1. The Kier molecular flexibility index (Phi) is 6.76. The molecule has 0 saturated heterocycles. The van der Waals surface area contributed by atoms with Crippen molar-refractivity contribution in [3.8, 4) is 0 Å². The van der Waals surface area contributed by atoms with Gasteiger partial charge in [0.25, 0.3) is 5.91 Å². The van der Waals surface area contributed by atoms with Crippen LogP contribution in [0.1, 0.15) is 36.7 Å². The van der Waals surface area contributed by atoms with Crippen LogP contribution in [0.5, 0.6) is 0 Å². The molecule has 0 bridgehead atoms. The summed E-state index contributed by atoms with van der Waals surface area (Å²) in [6.45, 7) is 5.34.